The van der Waals surface area contributed by atoms with E-state index in [1.165, 1.54) is 0 Å². The lowest BCUT2D eigenvalue weighted by Gasteiger charge is -2.64. The monoisotopic (exact) mass is 590 g/mol. The van der Waals surface area contributed by atoms with Gasteiger partial charge in [0.2, 0.25) is 5.91 Å². The van der Waals surface area contributed by atoms with Gasteiger partial charge in [-0.15, -0.1) is 0 Å². The quantitative estimate of drug-likeness (QED) is 0.316. The minimum absolute atomic E-state index is 0.0409. The third kappa shape index (κ3) is 6.75. The van der Waals surface area contributed by atoms with Crippen molar-refractivity contribution < 1.29 is 33.2 Å². The fourth-order valence-corrected chi connectivity index (χ4v) is 7.05. The average Bonchev–Trinajstić information content (AvgIpc) is 3.28. The molecule has 1 heterocycles. The molecule has 4 fully saturated rings. The van der Waals surface area contributed by atoms with Gasteiger partial charge in [0.25, 0.3) is 5.91 Å². The lowest BCUT2D eigenvalue weighted by molar-refractivity contribution is -0.199. The minimum atomic E-state index is -0.649. The first-order chi connectivity index (χ1) is 20.1. The molecule has 0 aromatic heterocycles. The van der Waals surface area contributed by atoms with Gasteiger partial charge in [-0.2, -0.15) is 0 Å². The molecule has 2 bridgehead atoms. The summed E-state index contributed by atoms with van der Waals surface area (Å²) in [5.41, 5.74) is 6.35. The lowest BCUT2D eigenvalue weighted by atomic mass is 9.43. The van der Waals surface area contributed by atoms with Gasteiger partial charge < -0.3 is 29.8 Å². The van der Waals surface area contributed by atoms with Crippen LogP contribution >= 0.6 is 0 Å². The van der Waals surface area contributed by atoms with Crippen molar-refractivity contribution in [2.45, 2.75) is 90.5 Å². The van der Waals surface area contributed by atoms with E-state index in [1.807, 2.05) is 39.0 Å². The molecule has 3 aliphatic carbocycles. The van der Waals surface area contributed by atoms with Crippen LogP contribution in [0.2, 0.25) is 0 Å². The first-order valence-corrected chi connectivity index (χ1v) is 15.1. The van der Waals surface area contributed by atoms with Gasteiger partial charge in [0, 0.05) is 0 Å². The molecule has 5 atom stereocenters. The summed E-state index contributed by atoms with van der Waals surface area (Å²) in [5.74, 6) is -0.253. The van der Waals surface area contributed by atoms with Crippen LogP contribution in [0.5, 0.6) is 5.75 Å². The zero-order chi connectivity index (χ0) is 31.2. The molecule has 0 spiro atoms. The van der Waals surface area contributed by atoms with Gasteiger partial charge in [-0.25, -0.2) is 4.79 Å². The summed E-state index contributed by atoms with van der Waals surface area (Å²) >= 11 is 0. The van der Waals surface area contributed by atoms with Gasteiger partial charge in [-0.1, -0.05) is 38.1 Å². The SMILES string of the molecule is CC(C)(C)OC(=O)c1cccc(CC(NC(=O)Cc2cccc(OCC(N)=O)c2)B2OC3CC4CC(C4(C)C)C3(C)O2)c1. The smallest absolute Gasteiger partial charge is 0.482 e. The van der Waals surface area contributed by atoms with E-state index in [2.05, 4.69) is 26.1 Å². The van der Waals surface area contributed by atoms with Crippen LogP contribution in [0.25, 0.3) is 0 Å². The second kappa shape index (κ2) is 11.6. The number of ether oxygens (including phenoxy) is 2. The molecule has 0 radical (unpaired) electrons. The van der Waals surface area contributed by atoms with Crippen molar-refractivity contribution >= 4 is 24.9 Å². The van der Waals surface area contributed by atoms with Gasteiger partial charge in [0.05, 0.1) is 29.6 Å². The minimum Gasteiger partial charge on any atom is -0.484 e. The topological polar surface area (TPSA) is 126 Å². The first-order valence-electron chi connectivity index (χ1n) is 15.1. The normalized spacial score (nSPS) is 26.1. The predicted molar refractivity (Wildman–Crippen MR) is 162 cm³/mol. The van der Waals surface area contributed by atoms with Gasteiger partial charge in [0.1, 0.15) is 11.4 Å². The number of hydrogen-bond acceptors (Lipinski definition) is 7. The average molecular weight is 591 g/mol. The van der Waals surface area contributed by atoms with Crippen LogP contribution in [0.3, 0.4) is 0 Å². The van der Waals surface area contributed by atoms with E-state index in [4.69, 9.17) is 24.5 Å². The molecule has 2 amide bonds. The summed E-state index contributed by atoms with van der Waals surface area (Å²) < 4.78 is 24.3. The Bertz CT molecular complexity index is 1390. The Labute approximate surface area is 254 Å². The number of carbonyl (C=O) groups is 3. The molecule has 5 unspecified atom stereocenters. The van der Waals surface area contributed by atoms with E-state index in [0.717, 1.165) is 24.0 Å². The summed E-state index contributed by atoms with van der Waals surface area (Å²) in [6, 6.07) is 14.3. The van der Waals surface area contributed by atoms with Crippen molar-refractivity contribution in [1.29, 1.82) is 0 Å². The molecule has 43 heavy (non-hydrogen) atoms. The van der Waals surface area contributed by atoms with Gasteiger partial charge in [-0.3, -0.25) is 9.59 Å². The molecular formula is C33H43BN2O7. The highest BCUT2D eigenvalue weighted by Gasteiger charge is 2.68. The van der Waals surface area contributed by atoms with Crippen LogP contribution in [0, 0.1) is 17.3 Å². The fourth-order valence-electron chi connectivity index (χ4n) is 7.05. The van der Waals surface area contributed by atoms with Crippen molar-refractivity contribution in [3.63, 3.8) is 0 Å². The van der Waals surface area contributed by atoms with Crippen molar-refractivity contribution in [3.05, 3.63) is 65.2 Å². The number of nitrogens with one attached hydrogen (secondary N) is 1. The van der Waals surface area contributed by atoms with Crippen LogP contribution in [0.1, 0.15) is 75.9 Å². The second-order valence-corrected chi connectivity index (χ2v) is 14.0. The molecule has 230 valence electrons. The van der Waals surface area contributed by atoms with E-state index in [1.54, 1.807) is 30.3 Å². The van der Waals surface area contributed by atoms with Crippen LogP contribution in [-0.2, 0) is 36.5 Å². The van der Waals surface area contributed by atoms with E-state index in [9.17, 15) is 14.4 Å². The van der Waals surface area contributed by atoms with Gasteiger partial charge >= 0.3 is 13.1 Å². The van der Waals surface area contributed by atoms with Crippen molar-refractivity contribution in [2.75, 3.05) is 6.61 Å². The maximum Gasteiger partial charge on any atom is 0.482 e. The fraction of sp³-hybridized carbons (Fsp3) is 0.545. The summed E-state index contributed by atoms with van der Waals surface area (Å²) in [5, 5.41) is 3.17. The molecule has 1 aliphatic heterocycles. The number of nitrogens with two attached hydrogens (primary N) is 1. The third-order valence-corrected chi connectivity index (χ3v) is 9.31. The third-order valence-electron chi connectivity index (χ3n) is 9.31. The molecule has 2 aromatic rings. The molecule has 10 heteroatoms. The van der Waals surface area contributed by atoms with Crippen LogP contribution in [-0.4, -0.2) is 54.8 Å². The molecule has 3 N–H and O–H groups in total. The van der Waals surface area contributed by atoms with E-state index >= 15 is 0 Å². The van der Waals surface area contributed by atoms with Gasteiger partial charge in [-0.05, 0) is 99.6 Å². The number of primary amides is 1. The summed E-state index contributed by atoms with van der Waals surface area (Å²) in [6.07, 6.45) is 2.51. The summed E-state index contributed by atoms with van der Waals surface area (Å²) in [6.45, 7) is 12.0. The zero-order valence-electron chi connectivity index (χ0n) is 26.0. The highest BCUT2D eigenvalue weighted by atomic mass is 16.7. The Morgan fingerprint density at radius 3 is 2.49 bits per heavy atom. The number of benzene rings is 2. The van der Waals surface area contributed by atoms with E-state index in [-0.39, 0.29) is 30.5 Å². The molecule has 2 aromatic carbocycles. The van der Waals surface area contributed by atoms with Crippen molar-refractivity contribution in [3.8, 4) is 5.75 Å². The largest absolute Gasteiger partial charge is 0.484 e. The lowest BCUT2D eigenvalue weighted by Crippen LogP contribution is -2.65. The zero-order valence-corrected chi connectivity index (χ0v) is 26.0. The van der Waals surface area contributed by atoms with E-state index < -0.39 is 36.1 Å². The molecule has 6 rings (SSSR count). The Morgan fingerprint density at radius 1 is 1.07 bits per heavy atom. The maximum atomic E-state index is 13.4. The Balaban J connectivity index is 1.35. The molecular weight excluding hydrogens is 547 g/mol. The number of rotatable bonds is 10. The predicted octanol–water partition coefficient (Wildman–Crippen LogP) is 4.04. The Hall–Kier alpha value is -3.37. The summed E-state index contributed by atoms with van der Waals surface area (Å²) in [7, 11) is -0.649. The molecule has 3 saturated carbocycles. The number of hydrogen-bond donors (Lipinski definition) is 2. The highest BCUT2D eigenvalue weighted by Crippen LogP contribution is 2.65. The van der Waals surface area contributed by atoms with E-state index in [0.29, 0.717) is 29.6 Å². The maximum absolute atomic E-state index is 13.4. The molecule has 1 saturated heterocycles. The van der Waals surface area contributed by atoms with Crippen molar-refractivity contribution in [2.24, 2.45) is 23.0 Å². The Morgan fingerprint density at radius 2 is 1.79 bits per heavy atom. The second-order valence-electron chi connectivity index (χ2n) is 14.0. The molecule has 4 aliphatic rings. The number of esters is 1. The highest BCUT2D eigenvalue weighted by molar-refractivity contribution is 6.48. The number of carbonyl (C=O) groups excluding carboxylic acids is 3. The summed E-state index contributed by atoms with van der Waals surface area (Å²) in [4.78, 5) is 37.3. The first kappa shape index (κ1) is 31.1. The van der Waals surface area contributed by atoms with Crippen molar-refractivity contribution in [1.82, 2.24) is 5.32 Å². The van der Waals surface area contributed by atoms with Crippen LogP contribution in [0.4, 0.5) is 0 Å². The van der Waals surface area contributed by atoms with Crippen LogP contribution < -0.4 is 15.8 Å². The number of amides is 2. The molecule has 9 nitrogen and oxygen atoms in total. The Kier molecular flexibility index (Phi) is 8.39. The van der Waals surface area contributed by atoms with Gasteiger partial charge in [0.15, 0.2) is 6.61 Å². The standard InChI is InChI=1S/C33H43BN2O7/c1-31(2,3)41-30(39)22-11-7-9-20(13-22)15-27(34-42-26-18-23-17-25(32(23,4)5)33(26,6)43-34)36-29(38)16-21-10-8-12-24(14-21)40-19-28(35)37/h7-14,23,25-27H,15-19H2,1-6H3,(H2,35,37)(H,36,38). The van der Waals surface area contributed by atoms with Crippen LogP contribution in [0.15, 0.2) is 48.5 Å².